The Kier molecular flexibility index (Phi) is 4.68. The predicted molar refractivity (Wildman–Crippen MR) is 75.6 cm³/mol. The van der Waals surface area contributed by atoms with Crippen LogP contribution in [0.25, 0.3) is 0 Å². The van der Waals surface area contributed by atoms with Crippen molar-refractivity contribution in [1.29, 1.82) is 0 Å². The minimum atomic E-state index is 0.199. The van der Waals surface area contributed by atoms with Crippen molar-refractivity contribution < 1.29 is 4.74 Å². The van der Waals surface area contributed by atoms with Crippen molar-refractivity contribution in [2.75, 3.05) is 19.6 Å². The fourth-order valence-electron chi connectivity index (χ4n) is 4.03. The highest BCUT2D eigenvalue weighted by Gasteiger charge is 2.43. The van der Waals surface area contributed by atoms with Crippen molar-refractivity contribution in [2.24, 2.45) is 11.7 Å². The van der Waals surface area contributed by atoms with Crippen LogP contribution in [0.3, 0.4) is 0 Å². The quantitative estimate of drug-likeness (QED) is 0.840. The molecule has 106 valence electrons. The first-order valence-electron chi connectivity index (χ1n) is 7.70. The van der Waals surface area contributed by atoms with Crippen molar-refractivity contribution in [3.8, 4) is 0 Å². The molecule has 2 rings (SSSR count). The third-order valence-electron chi connectivity index (χ3n) is 4.95. The second-order valence-electron chi connectivity index (χ2n) is 6.46. The Hall–Kier alpha value is -0.120. The molecule has 0 radical (unpaired) electrons. The van der Waals surface area contributed by atoms with Gasteiger partial charge in [-0.1, -0.05) is 13.3 Å². The van der Waals surface area contributed by atoms with Gasteiger partial charge in [0.15, 0.2) is 0 Å². The Morgan fingerprint density at radius 3 is 2.50 bits per heavy atom. The zero-order valence-corrected chi connectivity index (χ0v) is 12.3. The number of hydrogen-bond donors (Lipinski definition) is 1. The number of likely N-dealkylation sites (tertiary alicyclic amines) is 1. The summed E-state index contributed by atoms with van der Waals surface area (Å²) in [7, 11) is 0. The standard InChI is InChI=1S/C15H30N2O/c1-4-14-6-5-7-17(10-14)15(11-16)8-12(2)18-13(3)9-15/h12-14H,4-11,16H2,1-3H3. The number of nitrogens with zero attached hydrogens (tertiary/aromatic N) is 1. The molecule has 3 atom stereocenters. The first-order valence-corrected chi connectivity index (χ1v) is 7.70. The van der Waals surface area contributed by atoms with E-state index in [1.807, 2.05) is 0 Å². The summed E-state index contributed by atoms with van der Waals surface area (Å²) in [5.74, 6) is 0.871. The number of hydrogen-bond acceptors (Lipinski definition) is 3. The minimum Gasteiger partial charge on any atom is -0.375 e. The molecule has 2 saturated heterocycles. The molecular weight excluding hydrogens is 224 g/mol. The highest BCUT2D eigenvalue weighted by Crippen LogP contribution is 2.36. The first-order chi connectivity index (χ1) is 8.59. The molecule has 2 heterocycles. The molecule has 0 amide bonds. The Morgan fingerprint density at radius 2 is 1.94 bits per heavy atom. The Morgan fingerprint density at radius 1 is 1.28 bits per heavy atom. The lowest BCUT2D eigenvalue weighted by molar-refractivity contribution is -0.111. The topological polar surface area (TPSA) is 38.5 Å². The SMILES string of the molecule is CCC1CCCN(C2(CN)CC(C)OC(C)C2)C1. The predicted octanol–water partition coefficient (Wildman–Crippen LogP) is 2.39. The second kappa shape index (κ2) is 5.89. The summed E-state index contributed by atoms with van der Waals surface area (Å²) in [5.41, 5.74) is 6.38. The monoisotopic (exact) mass is 254 g/mol. The van der Waals surface area contributed by atoms with E-state index in [0.717, 1.165) is 25.3 Å². The van der Waals surface area contributed by atoms with Crippen LogP contribution < -0.4 is 5.73 Å². The zero-order valence-electron chi connectivity index (χ0n) is 12.3. The Labute approximate surface area is 112 Å². The van der Waals surface area contributed by atoms with Crippen LogP contribution in [0.2, 0.25) is 0 Å². The molecule has 3 nitrogen and oxygen atoms in total. The van der Waals surface area contributed by atoms with Gasteiger partial charge < -0.3 is 10.5 Å². The molecule has 2 N–H and O–H groups in total. The van der Waals surface area contributed by atoms with Crippen LogP contribution in [0.15, 0.2) is 0 Å². The number of nitrogens with two attached hydrogens (primary N) is 1. The Balaban J connectivity index is 2.10. The van der Waals surface area contributed by atoms with Gasteiger partial charge in [-0.15, -0.1) is 0 Å². The first kappa shape index (κ1) is 14.3. The summed E-state index contributed by atoms with van der Waals surface area (Å²) in [6.07, 6.45) is 6.94. The highest BCUT2D eigenvalue weighted by atomic mass is 16.5. The fourth-order valence-corrected chi connectivity index (χ4v) is 4.03. The van der Waals surface area contributed by atoms with Crippen LogP contribution in [0.1, 0.15) is 52.9 Å². The van der Waals surface area contributed by atoms with Gasteiger partial charge >= 0.3 is 0 Å². The largest absolute Gasteiger partial charge is 0.375 e. The molecule has 2 fully saturated rings. The maximum Gasteiger partial charge on any atom is 0.0568 e. The lowest BCUT2D eigenvalue weighted by atomic mass is 9.80. The van der Waals surface area contributed by atoms with Crippen molar-refractivity contribution in [1.82, 2.24) is 4.90 Å². The van der Waals surface area contributed by atoms with E-state index < -0.39 is 0 Å². The van der Waals surface area contributed by atoms with Gasteiger partial charge in [-0.2, -0.15) is 0 Å². The van der Waals surface area contributed by atoms with Crippen LogP contribution in [0.4, 0.5) is 0 Å². The Bertz CT molecular complexity index is 259. The smallest absolute Gasteiger partial charge is 0.0568 e. The normalized spacial score (nSPS) is 43.0. The lowest BCUT2D eigenvalue weighted by Gasteiger charge is -2.52. The average Bonchev–Trinajstić information content (AvgIpc) is 2.37. The van der Waals surface area contributed by atoms with Gasteiger partial charge in [-0.3, -0.25) is 4.90 Å². The molecule has 0 aromatic heterocycles. The van der Waals surface area contributed by atoms with E-state index in [0.29, 0.717) is 12.2 Å². The van der Waals surface area contributed by atoms with Crippen molar-refractivity contribution in [3.05, 3.63) is 0 Å². The summed E-state index contributed by atoms with van der Waals surface area (Å²) in [6, 6.07) is 0. The molecule has 3 unspecified atom stereocenters. The van der Waals surface area contributed by atoms with Crippen LogP contribution in [-0.4, -0.2) is 42.3 Å². The van der Waals surface area contributed by atoms with E-state index >= 15 is 0 Å². The summed E-state index contributed by atoms with van der Waals surface area (Å²) in [6.45, 7) is 9.96. The van der Waals surface area contributed by atoms with E-state index in [1.54, 1.807) is 0 Å². The molecular formula is C15H30N2O. The summed E-state index contributed by atoms with van der Waals surface area (Å²) in [4.78, 5) is 2.69. The maximum absolute atomic E-state index is 6.18. The van der Waals surface area contributed by atoms with E-state index in [4.69, 9.17) is 10.5 Å². The molecule has 2 aliphatic heterocycles. The van der Waals surface area contributed by atoms with E-state index in [2.05, 4.69) is 25.7 Å². The van der Waals surface area contributed by atoms with Gasteiger partial charge in [-0.25, -0.2) is 0 Å². The van der Waals surface area contributed by atoms with Gasteiger partial charge in [0.1, 0.15) is 0 Å². The minimum absolute atomic E-state index is 0.199. The van der Waals surface area contributed by atoms with Gasteiger partial charge in [0.25, 0.3) is 0 Å². The number of piperidine rings is 1. The molecule has 0 aliphatic carbocycles. The summed E-state index contributed by atoms with van der Waals surface area (Å²) >= 11 is 0. The van der Waals surface area contributed by atoms with Crippen LogP contribution in [0.5, 0.6) is 0 Å². The molecule has 18 heavy (non-hydrogen) atoms. The summed E-state index contributed by atoms with van der Waals surface area (Å²) in [5, 5.41) is 0. The fraction of sp³-hybridized carbons (Fsp3) is 1.00. The van der Waals surface area contributed by atoms with Gasteiger partial charge in [0.05, 0.1) is 12.2 Å². The van der Waals surface area contributed by atoms with Crippen molar-refractivity contribution in [3.63, 3.8) is 0 Å². The highest BCUT2D eigenvalue weighted by molar-refractivity contribution is 4.99. The second-order valence-corrected chi connectivity index (χ2v) is 6.46. The molecule has 0 aromatic carbocycles. The lowest BCUT2D eigenvalue weighted by Crippen LogP contribution is -2.61. The van der Waals surface area contributed by atoms with Crippen LogP contribution in [0, 0.1) is 5.92 Å². The van der Waals surface area contributed by atoms with Gasteiger partial charge in [0.2, 0.25) is 0 Å². The van der Waals surface area contributed by atoms with Crippen molar-refractivity contribution >= 4 is 0 Å². The van der Waals surface area contributed by atoms with Crippen molar-refractivity contribution in [2.45, 2.75) is 70.6 Å². The molecule has 0 bridgehead atoms. The molecule has 0 saturated carbocycles. The van der Waals surface area contributed by atoms with E-state index in [-0.39, 0.29) is 5.54 Å². The van der Waals surface area contributed by atoms with Crippen LogP contribution >= 0.6 is 0 Å². The number of rotatable bonds is 3. The molecule has 0 spiro atoms. The maximum atomic E-state index is 6.18. The van der Waals surface area contributed by atoms with E-state index in [9.17, 15) is 0 Å². The average molecular weight is 254 g/mol. The molecule has 3 heteroatoms. The van der Waals surface area contributed by atoms with Crippen LogP contribution in [-0.2, 0) is 4.74 Å². The van der Waals surface area contributed by atoms with Gasteiger partial charge in [0, 0.05) is 18.6 Å². The number of ether oxygens (including phenoxy) is 1. The van der Waals surface area contributed by atoms with E-state index in [1.165, 1.54) is 32.4 Å². The summed E-state index contributed by atoms with van der Waals surface area (Å²) < 4.78 is 5.91. The zero-order chi connectivity index (χ0) is 13.2. The third kappa shape index (κ3) is 2.89. The molecule has 0 aromatic rings. The third-order valence-corrected chi connectivity index (χ3v) is 4.95. The van der Waals surface area contributed by atoms with Gasteiger partial charge in [-0.05, 0) is 52.0 Å². The molecule has 2 aliphatic rings.